The molecule has 0 aliphatic heterocycles. The third-order valence-corrected chi connectivity index (χ3v) is 6.71. The van der Waals surface area contributed by atoms with Crippen LogP contribution in [0.2, 0.25) is 0 Å². The lowest BCUT2D eigenvalue weighted by Gasteiger charge is -2.30. The summed E-state index contributed by atoms with van der Waals surface area (Å²) >= 11 is 0. The maximum Gasteiger partial charge on any atom is 0.251 e. The van der Waals surface area contributed by atoms with E-state index in [4.69, 9.17) is 10.4 Å². The number of halogens is 1. The number of fused-ring (bicyclic) bond motifs is 1. The Labute approximate surface area is 188 Å². The fraction of sp³-hybridized carbons (Fsp3) is 0.385. The fourth-order valence-corrected chi connectivity index (χ4v) is 4.94. The van der Waals surface area contributed by atoms with Gasteiger partial charge in [0.25, 0.3) is 5.91 Å². The number of rotatable bonds is 7. The van der Waals surface area contributed by atoms with Gasteiger partial charge in [-0.05, 0) is 86.4 Å². The van der Waals surface area contributed by atoms with Crippen molar-refractivity contribution >= 4 is 23.5 Å². The highest BCUT2D eigenvalue weighted by molar-refractivity contribution is 6.07. The molecule has 1 aromatic carbocycles. The maximum absolute atomic E-state index is 13.2. The molecule has 0 radical (unpaired) electrons. The van der Waals surface area contributed by atoms with Gasteiger partial charge in [0.1, 0.15) is 5.82 Å². The van der Waals surface area contributed by atoms with Gasteiger partial charge in [0.05, 0.1) is 5.69 Å². The highest BCUT2D eigenvalue weighted by Crippen LogP contribution is 2.45. The Morgan fingerprint density at radius 3 is 2.72 bits per heavy atom. The van der Waals surface area contributed by atoms with E-state index in [1.165, 1.54) is 23.9 Å². The Kier molecular flexibility index (Phi) is 6.88. The molecule has 5 nitrogen and oxygen atoms in total. The smallest absolute Gasteiger partial charge is 0.251 e. The predicted molar refractivity (Wildman–Crippen MR) is 125 cm³/mol. The van der Waals surface area contributed by atoms with Crippen LogP contribution in [0.1, 0.15) is 49.4 Å². The average Bonchev–Trinajstić information content (AvgIpc) is 3.21. The zero-order valence-corrected chi connectivity index (χ0v) is 18.3. The van der Waals surface area contributed by atoms with Crippen LogP contribution in [0.5, 0.6) is 0 Å². The van der Waals surface area contributed by atoms with Crippen LogP contribution in [0.3, 0.4) is 0 Å². The first-order valence-electron chi connectivity index (χ1n) is 11.3. The van der Waals surface area contributed by atoms with E-state index in [-0.39, 0.29) is 23.7 Å². The van der Waals surface area contributed by atoms with E-state index in [9.17, 15) is 9.18 Å². The van der Waals surface area contributed by atoms with Crippen LogP contribution in [-0.4, -0.2) is 28.9 Å². The Hall–Kier alpha value is -3.15. The van der Waals surface area contributed by atoms with Gasteiger partial charge in [-0.3, -0.25) is 14.8 Å². The minimum atomic E-state index is -0.278. The molecule has 166 valence electrons. The van der Waals surface area contributed by atoms with E-state index in [1.807, 2.05) is 0 Å². The summed E-state index contributed by atoms with van der Waals surface area (Å²) in [6.45, 7) is 2.11. The van der Waals surface area contributed by atoms with Crippen LogP contribution < -0.4 is 5.32 Å². The molecular formula is C26H29FN4O. The van der Waals surface area contributed by atoms with Crippen molar-refractivity contribution in [3.8, 4) is 0 Å². The number of pyridine rings is 1. The molecule has 0 spiro atoms. The van der Waals surface area contributed by atoms with Crippen LogP contribution in [0, 0.1) is 29.0 Å². The predicted octanol–water partition coefficient (Wildman–Crippen LogP) is 5.51. The maximum atomic E-state index is 13.2. The summed E-state index contributed by atoms with van der Waals surface area (Å²) in [5.41, 5.74) is 3.62. The second-order valence-corrected chi connectivity index (χ2v) is 8.70. The van der Waals surface area contributed by atoms with E-state index < -0.39 is 0 Å². The van der Waals surface area contributed by atoms with Gasteiger partial charge < -0.3 is 10.7 Å². The number of nitrogens with one attached hydrogen (secondary N) is 2. The summed E-state index contributed by atoms with van der Waals surface area (Å²) in [6.07, 6.45) is 11.7. The summed E-state index contributed by atoms with van der Waals surface area (Å²) in [5.74, 6) is 0.530. The van der Waals surface area contributed by atoms with Crippen molar-refractivity contribution in [2.45, 2.75) is 45.1 Å². The van der Waals surface area contributed by atoms with Crippen LogP contribution >= 0.6 is 0 Å². The van der Waals surface area contributed by atoms with Crippen molar-refractivity contribution in [1.82, 2.24) is 10.3 Å². The first-order chi connectivity index (χ1) is 15.6. The Bertz CT molecular complexity index is 1020. The number of benzene rings is 1. The largest absolute Gasteiger partial charge is 0.349 e. The lowest BCUT2D eigenvalue weighted by Crippen LogP contribution is -2.37. The SMILES string of the molecule is CCC(CC1CCC2=CC(=Nc3ccc(F)cc3)C(C=N)CC21)NC(=O)c1ccncc1. The number of carbonyl (C=O) groups excluding carboxylic acids is 1. The van der Waals surface area contributed by atoms with Gasteiger partial charge in [-0.2, -0.15) is 0 Å². The van der Waals surface area contributed by atoms with Gasteiger partial charge in [0, 0.05) is 41.8 Å². The van der Waals surface area contributed by atoms with E-state index in [2.05, 4.69) is 23.3 Å². The number of hydrogen-bond donors (Lipinski definition) is 2. The van der Waals surface area contributed by atoms with Crippen molar-refractivity contribution < 1.29 is 9.18 Å². The lowest BCUT2D eigenvalue weighted by atomic mass is 9.76. The Morgan fingerprint density at radius 1 is 1.28 bits per heavy atom. The highest BCUT2D eigenvalue weighted by Gasteiger charge is 2.38. The van der Waals surface area contributed by atoms with E-state index >= 15 is 0 Å². The third-order valence-electron chi connectivity index (χ3n) is 6.71. The molecule has 1 fully saturated rings. The van der Waals surface area contributed by atoms with Crippen LogP contribution in [0.15, 0.2) is 65.4 Å². The molecule has 1 saturated carbocycles. The fourth-order valence-electron chi connectivity index (χ4n) is 4.94. The second-order valence-electron chi connectivity index (χ2n) is 8.70. The standard InChI is InChI=1S/C26H29FN4O/c1-2-22(31-26(32)17-9-11-29-12-10-17)13-18-3-4-19-15-25(20(16-28)14-24(18)19)30-23-7-5-21(27)6-8-23/h5-12,15-16,18,20,22,24,28H,2-4,13-14H2,1H3,(H,31,32). The topological polar surface area (TPSA) is 78.2 Å². The van der Waals surface area contributed by atoms with E-state index in [0.29, 0.717) is 23.1 Å². The molecule has 4 atom stereocenters. The number of amides is 1. The van der Waals surface area contributed by atoms with Gasteiger partial charge >= 0.3 is 0 Å². The number of aliphatic imine (C=N–C) groups is 1. The normalized spacial score (nSPS) is 24.5. The van der Waals surface area contributed by atoms with Crippen LogP contribution in [0.25, 0.3) is 0 Å². The highest BCUT2D eigenvalue weighted by atomic mass is 19.1. The van der Waals surface area contributed by atoms with Gasteiger partial charge in [-0.25, -0.2) is 4.39 Å². The first-order valence-corrected chi connectivity index (χ1v) is 11.3. The average molecular weight is 433 g/mol. The first kappa shape index (κ1) is 22.1. The molecule has 4 unspecified atom stereocenters. The molecule has 2 aromatic rings. The zero-order chi connectivity index (χ0) is 22.5. The number of aromatic nitrogens is 1. The zero-order valence-electron chi connectivity index (χ0n) is 18.3. The molecule has 1 aromatic heterocycles. The molecule has 2 aliphatic rings. The molecule has 2 N–H and O–H groups in total. The van der Waals surface area contributed by atoms with E-state index in [1.54, 1.807) is 36.7 Å². The number of nitrogens with zero attached hydrogens (tertiary/aromatic N) is 2. The summed E-state index contributed by atoms with van der Waals surface area (Å²) in [5, 5.41) is 11.1. The molecule has 4 rings (SSSR count). The van der Waals surface area contributed by atoms with Crippen molar-refractivity contribution in [3.63, 3.8) is 0 Å². The Morgan fingerprint density at radius 2 is 2.03 bits per heavy atom. The molecule has 1 amide bonds. The van der Waals surface area contributed by atoms with E-state index in [0.717, 1.165) is 37.8 Å². The molecular weight excluding hydrogens is 403 g/mol. The minimum Gasteiger partial charge on any atom is -0.349 e. The molecule has 0 bridgehead atoms. The van der Waals surface area contributed by atoms with Crippen molar-refractivity contribution in [1.29, 1.82) is 5.41 Å². The Balaban J connectivity index is 1.46. The monoisotopic (exact) mass is 432 g/mol. The molecule has 6 heteroatoms. The van der Waals surface area contributed by atoms with Crippen molar-refractivity contribution in [3.05, 3.63) is 71.8 Å². The third kappa shape index (κ3) is 5.01. The van der Waals surface area contributed by atoms with Gasteiger partial charge in [0.2, 0.25) is 0 Å². The molecule has 0 saturated heterocycles. The minimum absolute atomic E-state index is 0.0408. The summed E-state index contributed by atoms with van der Waals surface area (Å²) in [6, 6.07) is 9.74. The second kappa shape index (κ2) is 9.98. The van der Waals surface area contributed by atoms with Gasteiger partial charge in [0.15, 0.2) is 0 Å². The number of carbonyl (C=O) groups is 1. The van der Waals surface area contributed by atoms with Crippen molar-refractivity contribution in [2.75, 3.05) is 0 Å². The van der Waals surface area contributed by atoms with Crippen LogP contribution in [-0.2, 0) is 0 Å². The van der Waals surface area contributed by atoms with Gasteiger partial charge in [-0.1, -0.05) is 12.5 Å². The van der Waals surface area contributed by atoms with Crippen LogP contribution in [0.4, 0.5) is 10.1 Å². The summed E-state index contributed by atoms with van der Waals surface area (Å²) in [7, 11) is 0. The molecule has 1 heterocycles. The molecule has 32 heavy (non-hydrogen) atoms. The van der Waals surface area contributed by atoms with Crippen molar-refractivity contribution in [2.24, 2.45) is 22.7 Å². The lowest BCUT2D eigenvalue weighted by molar-refractivity contribution is 0.0927. The summed E-state index contributed by atoms with van der Waals surface area (Å²) < 4.78 is 13.2. The molecule has 2 aliphatic carbocycles. The quantitative estimate of drug-likeness (QED) is 0.566. The van der Waals surface area contributed by atoms with Gasteiger partial charge in [-0.15, -0.1) is 0 Å². The number of hydrogen-bond acceptors (Lipinski definition) is 4. The summed E-state index contributed by atoms with van der Waals surface area (Å²) in [4.78, 5) is 21.3. The number of allylic oxidation sites excluding steroid dienone is 2.